The molecule has 0 saturated carbocycles. The van der Waals surface area contributed by atoms with Gasteiger partial charge >= 0.3 is 0 Å². The number of fused-ring (bicyclic) bond motifs is 6. The summed E-state index contributed by atoms with van der Waals surface area (Å²) < 4.78 is 4.47. The number of nitrogens with zero attached hydrogens (tertiary/aromatic N) is 4. The monoisotopic (exact) mass is 610 g/mol. The lowest BCUT2D eigenvalue weighted by molar-refractivity contribution is 1.17. The number of benzene rings is 7. The van der Waals surface area contributed by atoms with Gasteiger partial charge in [0.05, 0.1) is 50.6 Å². The first kappa shape index (κ1) is 27.4. The summed E-state index contributed by atoms with van der Waals surface area (Å²) in [6.45, 7) is 0. The van der Waals surface area contributed by atoms with Crippen molar-refractivity contribution in [1.29, 1.82) is 10.5 Å². The summed E-state index contributed by atoms with van der Waals surface area (Å²) in [4.78, 5) is 0. The van der Waals surface area contributed by atoms with Gasteiger partial charge in [0.15, 0.2) is 0 Å². The Hall–Kier alpha value is -6.88. The van der Waals surface area contributed by atoms with Gasteiger partial charge in [0.25, 0.3) is 0 Å². The molecule has 2 aromatic heterocycles. The largest absolute Gasteiger partial charge is 0.309 e. The van der Waals surface area contributed by atoms with Gasteiger partial charge in [0, 0.05) is 32.7 Å². The summed E-state index contributed by atoms with van der Waals surface area (Å²) in [5.41, 5.74) is 11.4. The summed E-state index contributed by atoms with van der Waals surface area (Å²) in [5.74, 6) is 0. The molecule has 4 nitrogen and oxygen atoms in total. The van der Waals surface area contributed by atoms with Crippen LogP contribution in [-0.4, -0.2) is 9.13 Å². The van der Waals surface area contributed by atoms with E-state index in [1.54, 1.807) is 0 Å². The molecule has 9 rings (SSSR count). The minimum Gasteiger partial charge on any atom is -0.309 e. The Morgan fingerprint density at radius 1 is 0.375 bits per heavy atom. The van der Waals surface area contributed by atoms with Crippen molar-refractivity contribution in [1.82, 2.24) is 9.13 Å². The topological polar surface area (TPSA) is 57.4 Å². The second kappa shape index (κ2) is 10.9. The summed E-state index contributed by atoms with van der Waals surface area (Å²) in [6, 6.07) is 58.9. The molecule has 4 heteroatoms. The lowest BCUT2D eigenvalue weighted by Gasteiger charge is -2.15. The SMILES string of the molecule is N#Cc1c(-c2ccc(-c3ccccc3-n3c4ccccc4c4ccccc43)cc2)cccc1-n1c2ccccc2c2c(C#N)cccc21. The maximum Gasteiger partial charge on any atom is 0.102 e. The molecule has 0 aliphatic rings. The van der Waals surface area contributed by atoms with Gasteiger partial charge in [-0.05, 0) is 53.6 Å². The quantitative estimate of drug-likeness (QED) is 0.199. The van der Waals surface area contributed by atoms with Crippen LogP contribution in [0.25, 0.3) is 77.2 Å². The number of rotatable bonds is 4. The number of hydrogen-bond donors (Lipinski definition) is 0. The van der Waals surface area contributed by atoms with Crippen LogP contribution in [0.1, 0.15) is 11.1 Å². The zero-order chi connectivity index (χ0) is 32.2. The first-order valence-corrected chi connectivity index (χ1v) is 15.9. The number of aromatic nitrogens is 2. The predicted molar refractivity (Wildman–Crippen MR) is 195 cm³/mol. The van der Waals surface area contributed by atoms with E-state index in [9.17, 15) is 10.5 Å². The fraction of sp³-hybridized carbons (Fsp3) is 0. The third-order valence-corrected chi connectivity index (χ3v) is 9.45. The van der Waals surface area contributed by atoms with Gasteiger partial charge in [-0.1, -0.05) is 115 Å². The molecule has 0 N–H and O–H groups in total. The summed E-state index contributed by atoms with van der Waals surface area (Å²) in [6.07, 6.45) is 0. The van der Waals surface area contributed by atoms with Crippen LogP contribution < -0.4 is 0 Å². The molecule has 222 valence electrons. The normalized spacial score (nSPS) is 11.3. The number of hydrogen-bond acceptors (Lipinski definition) is 2. The summed E-state index contributed by atoms with van der Waals surface area (Å²) in [5, 5.41) is 24.9. The van der Waals surface area contributed by atoms with E-state index in [-0.39, 0.29) is 0 Å². The van der Waals surface area contributed by atoms with E-state index < -0.39 is 0 Å². The maximum absolute atomic E-state index is 10.6. The van der Waals surface area contributed by atoms with Crippen molar-refractivity contribution in [2.24, 2.45) is 0 Å². The van der Waals surface area contributed by atoms with Crippen molar-refractivity contribution >= 4 is 43.6 Å². The molecule has 2 heterocycles. The van der Waals surface area contributed by atoms with Crippen LogP contribution in [0.15, 0.2) is 158 Å². The van der Waals surface area contributed by atoms with Crippen LogP contribution in [0, 0.1) is 22.7 Å². The second-order valence-corrected chi connectivity index (χ2v) is 11.9. The van der Waals surface area contributed by atoms with Crippen molar-refractivity contribution in [2.75, 3.05) is 0 Å². The van der Waals surface area contributed by atoms with Gasteiger partial charge in [0.2, 0.25) is 0 Å². The highest BCUT2D eigenvalue weighted by Crippen LogP contribution is 2.39. The van der Waals surface area contributed by atoms with Crippen LogP contribution >= 0.6 is 0 Å². The van der Waals surface area contributed by atoms with Crippen molar-refractivity contribution < 1.29 is 0 Å². The molecule has 0 saturated heterocycles. The van der Waals surface area contributed by atoms with Crippen LogP contribution in [-0.2, 0) is 0 Å². The molecule has 0 atom stereocenters. The molecule has 0 unspecified atom stereocenters. The third-order valence-electron chi connectivity index (χ3n) is 9.45. The molecule has 0 amide bonds. The van der Waals surface area contributed by atoms with Crippen LogP contribution in [0.4, 0.5) is 0 Å². The number of para-hydroxylation sites is 4. The predicted octanol–water partition coefficient (Wildman–Crippen LogP) is 11.0. The van der Waals surface area contributed by atoms with Crippen molar-refractivity contribution in [3.63, 3.8) is 0 Å². The lowest BCUT2D eigenvalue weighted by Crippen LogP contribution is -1.99. The Morgan fingerprint density at radius 3 is 1.52 bits per heavy atom. The zero-order valence-electron chi connectivity index (χ0n) is 25.8. The highest BCUT2D eigenvalue weighted by atomic mass is 15.0. The lowest BCUT2D eigenvalue weighted by atomic mass is 9.95. The molecule has 0 aliphatic heterocycles. The van der Waals surface area contributed by atoms with E-state index in [1.165, 1.54) is 21.8 Å². The Labute approximate surface area is 277 Å². The first-order chi connectivity index (χ1) is 23.8. The highest BCUT2D eigenvalue weighted by molar-refractivity contribution is 6.12. The average Bonchev–Trinajstić information content (AvgIpc) is 3.67. The van der Waals surface area contributed by atoms with E-state index >= 15 is 0 Å². The zero-order valence-corrected chi connectivity index (χ0v) is 25.8. The number of nitriles is 2. The van der Waals surface area contributed by atoms with Gasteiger partial charge in [0.1, 0.15) is 6.07 Å². The standard InChI is InChI=1S/C44H26N4/c45-27-31-11-9-22-43-44(31)36-15-4-8-20-41(36)48(43)42-21-10-16-32(37(42)28-46)29-23-25-30(26-24-29)33-12-1-5-17-38(33)47-39-18-6-2-13-34(39)35-14-3-7-19-40(35)47/h1-26H. The van der Waals surface area contributed by atoms with Crippen molar-refractivity contribution in [3.05, 3.63) is 169 Å². The van der Waals surface area contributed by atoms with Crippen LogP contribution in [0.2, 0.25) is 0 Å². The molecule has 0 spiro atoms. The van der Waals surface area contributed by atoms with Crippen molar-refractivity contribution in [2.45, 2.75) is 0 Å². The van der Waals surface area contributed by atoms with E-state index in [1.807, 2.05) is 60.7 Å². The fourth-order valence-corrected chi connectivity index (χ4v) is 7.38. The third kappa shape index (κ3) is 4.01. The molecule has 0 fully saturated rings. The molecule has 9 aromatic rings. The Morgan fingerprint density at radius 2 is 0.854 bits per heavy atom. The van der Waals surface area contributed by atoms with Crippen molar-refractivity contribution in [3.8, 4) is 45.8 Å². The molecule has 48 heavy (non-hydrogen) atoms. The summed E-state index contributed by atoms with van der Waals surface area (Å²) in [7, 11) is 0. The molecule has 7 aromatic carbocycles. The summed E-state index contributed by atoms with van der Waals surface area (Å²) >= 11 is 0. The minimum absolute atomic E-state index is 0.584. The van der Waals surface area contributed by atoms with E-state index in [2.05, 4.69) is 118 Å². The first-order valence-electron chi connectivity index (χ1n) is 15.9. The smallest absolute Gasteiger partial charge is 0.102 e. The Kier molecular flexibility index (Phi) is 6.22. The van der Waals surface area contributed by atoms with Gasteiger partial charge in [-0.3, -0.25) is 0 Å². The van der Waals surface area contributed by atoms with Crippen LogP contribution in [0.3, 0.4) is 0 Å². The van der Waals surface area contributed by atoms with Gasteiger partial charge in [-0.2, -0.15) is 10.5 Å². The highest BCUT2D eigenvalue weighted by Gasteiger charge is 2.20. The minimum atomic E-state index is 0.584. The van der Waals surface area contributed by atoms with E-state index in [0.29, 0.717) is 11.1 Å². The Balaban J connectivity index is 1.19. The second-order valence-electron chi connectivity index (χ2n) is 11.9. The van der Waals surface area contributed by atoms with Crippen LogP contribution in [0.5, 0.6) is 0 Å². The van der Waals surface area contributed by atoms with Gasteiger partial charge in [-0.25, -0.2) is 0 Å². The van der Waals surface area contributed by atoms with E-state index in [0.717, 1.165) is 55.4 Å². The van der Waals surface area contributed by atoms with E-state index in [4.69, 9.17) is 0 Å². The maximum atomic E-state index is 10.6. The molecule has 0 bridgehead atoms. The molecule has 0 radical (unpaired) electrons. The molecular formula is C44H26N4. The Bertz CT molecular complexity index is 2750. The fourth-order valence-electron chi connectivity index (χ4n) is 7.38. The van der Waals surface area contributed by atoms with Gasteiger partial charge < -0.3 is 9.13 Å². The molecular weight excluding hydrogens is 585 g/mol. The molecule has 0 aliphatic carbocycles. The van der Waals surface area contributed by atoms with Gasteiger partial charge in [-0.15, -0.1) is 0 Å². The average molecular weight is 611 g/mol.